The summed E-state index contributed by atoms with van der Waals surface area (Å²) in [5.74, 6) is -2.21. The number of amides is 1. The Morgan fingerprint density at radius 2 is 1.64 bits per heavy atom. The number of ether oxygens (including phenoxy) is 1. The highest BCUT2D eigenvalue weighted by molar-refractivity contribution is 7.87. The van der Waals surface area contributed by atoms with Crippen molar-refractivity contribution in [3.8, 4) is 5.75 Å². The highest BCUT2D eigenvalue weighted by atomic mass is 32.2. The molecule has 3 N–H and O–H groups in total. The molecule has 3 heterocycles. The lowest BCUT2D eigenvalue weighted by atomic mass is 9.80. The first-order valence-corrected chi connectivity index (χ1v) is 15.6. The molecule has 13 heteroatoms. The van der Waals surface area contributed by atoms with Crippen LogP contribution in [-0.2, 0) is 15.7 Å². The molecule has 2 aliphatic heterocycles. The summed E-state index contributed by atoms with van der Waals surface area (Å²) >= 11 is 0. The van der Waals surface area contributed by atoms with Gasteiger partial charge < -0.3 is 24.1 Å². The molecule has 0 saturated heterocycles. The standard InChI is InChI=1S/C32H30N4O8S/c1-5-35(6-2)21-9-7-18-13-23(31(40)44-26(18)16-21)28-17-32(24-12-10-20(34(3)4)15-27(24)43-28)25-14-19(30(38)39)8-11-22(25)29(37)36(32)45(33,41)42/h7-17H,5-6H2,1-4H3,(H,38,39)(H2,33,41,42). The minimum absolute atomic E-state index is 0.0389. The number of carbonyl (C=O) groups is 2. The normalized spacial score (nSPS) is 17.1. The average molecular weight is 631 g/mol. The van der Waals surface area contributed by atoms with Crippen molar-refractivity contribution in [2.75, 3.05) is 37.0 Å². The molecule has 0 bridgehead atoms. The summed E-state index contributed by atoms with van der Waals surface area (Å²) < 4.78 is 39.0. The van der Waals surface area contributed by atoms with Crippen molar-refractivity contribution < 1.29 is 32.3 Å². The van der Waals surface area contributed by atoms with Crippen molar-refractivity contribution in [1.29, 1.82) is 0 Å². The van der Waals surface area contributed by atoms with Crippen LogP contribution in [0.25, 0.3) is 16.7 Å². The van der Waals surface area contributed by atoms with E-state index in [1.54, 1.807) is 55.4 Å². The van der Waals surface area contributed by atoms with Gasteiger partial charge in [0, 0.05) is 72.8 Å². The van der Waals surface area contributed by atoms with Gasteiger partial charge >= 0.3 is 21.8 Å². The van der Waals surface area contributed by atoms with E-state index in [9.17, 15) is 27.9 Å². The Labute approximate surface area is 258 Å². The molecule has 0 saturated carbocycles. The first-order chi connectivity index (χ1) is 21.3. The predicted octanol–water partition coefficient (Wildman–Crippen LogP) is 3.74. The lowest BCUT2D eigenvalue weighted by molar-refractivity contribution is 0.0696. The molecule has 1 spiro atoms. The minimum Gasteiger partial charge on any atom is -0.478 e. The van der Waals surface area contributed by atoms with Gasteiger partial charge in [0.25, 0.3) is 5.91 Å². The van der Waals surface area contributed by atoms with Crippen LogP contribution >= 0.6 is 0 Å². The molecule has 1 aromatic heterocycles. The summed E-state index contributed by atoms with van der Waals surface area (Å²) in [6, 6.07) is 15.7. The summed E-state index contributed by atoms with van der Waals surface area (Å²) in [5, 5.41) is 16.1. The second-order valence-electron chi connectivity index (χ2n) is 11.0. The van der Waals surface area contributed by atoms with Gasteiger partial charge in [-0.3, -0.25) is 4.79 Å². The topological polar surface area (TPSA) is 164 Å². The molecule has 0 fully saturated rings. The van der Waals surface area contributed by atoms with Crippen LogP contribution < -0.4 is 25.3 Å². The molecular weight excluding hydrogens is 600 g/mol. The van der Waals surface area contributed by atoms with Gasteiger partial charge in [-0.25, -0.2) is 19.0 Å². The summed E-state index contributed by atoms with van der Waals surface area (Å²) in [6.07, 6.45) is 1.31. The largest absolute Gasteiger partial charge is 0.478 e. The maximum absolute atomic E-state index is 13.8. The fraction of sp³-hybridized carbons (Fsp3) is 0.219. The Bertz CT molecular complexity index is 2120. The number of benzene rings is 3. The third kappa shape index (κ3) is 4.62. The van der Waals surface area contributed by atoms with Gasteiger partial charge in [0.05, 0.1) is 5.56 Å². The van der Waals surface area contributed by atoms with E-state index in [-0.39, 0.29) is 39.3 Å². The van der Waals surface area contributed by atoms with E-state index in [0.29, 0.717) is 21.0 Å². The molecule has 0 aliphatic carbocycles. The van der Waals surface area contributed by atoms with E-state index >= 15 is 0 Å². The Hall–Kier alpha value is -5.14. The van der Waals surface area contributed by atoms with Gasteiger partial charge in [0.2, 0.25) is 0 Å². The van der Waals surface area contributed by atoms with Crippen molar-refractivity contribution in [3.63, 3.8) is 0 Å². The molecule has 4 aromatic rings. The molecule has 232 valence electrons. The number of aromatic carboxylic acids is 1. The van der Waals surface area contributed by atoms with Crippen LogP contribution in [0.5, 0.6) is 5.75 Å². The van der Waals surface area contributed by atoms with E-state index in [1.165, 1.54) is 24.3 Å². The molecule has 1 unspecified atom stereocenters. The molecule has 3 aromatic carbocycles. The number of rotatable bonds is 7. The van der Waals surface area contributed by atoms with Crippen molar-refractivity contribution in [2.45, 2.75) is 19.4 Å². The molecule has 0 radical (unpaired) electrons. The maximum Gasteiger partial charge on any atom is 0.347 e. The number of hydrogen-bond acceptors (Lipinski definition) is 9. The van der Waals surface area contributed by atoms with Gasteiger partial charge in [-0.15, -0.1) is 0 Å². The Morgan fingerprint density at radius 1 is 0.933 bits per heavy atom. The number of nitrogens with two attached hydrogens (primary N) is 1. The minimum atomic E-state index is -4.78. The zero-order chi connectivity index (χ0) is 32.4. The number of carboxylic acids is 1. The van der Waals surface area contributed by atoms with Gasteiger partial charge in [-0.1, -0.05) is 6.07 Å². The Morgan fingerprint density at radius 3 is 2.29 bits per heavy atom. The van der Waals surface area contributed by atoms with Crippen molar-refractivity contribution in [3.05, 3.63) is 105 Å². The van der Waals surface area contributed by atoms with Gasteiger partial charge in [-0.2, -0.15) is 8.42 Å². The van der Waals surface area contributed by atoms with E-state index < -0.39 is 33.3 Å². The molecule has 2 aliphatic rings. The number of fused-ring (bicyclic) bond motifs is 5. The van der Waals surface area contributed by atoms with E-state index in [0.717, 1.165) is 18.8 Å². The smallest absolute Gasteiger partial charge is 0.347 e. The monoisotopic (exact) mass is 630 g/mol. The quantitative estimate of drug-likeness (QED) is 0.288. The lowest BCUT2D eigenvalue weighted by Gasteiger charge is -2.39. The molecule has 12 nitrogen and oxygen atoms in total. The van der Waals surface area contributed by atoms with Crippen LogP contribution in [-0.4, -0.2) is 56.9 Å². The average Bonchev–Trinajstić information content (AvgIpc) is 3.24. The van der Waals surface area contributed by atoms with E-state index in [4.69, 9.17) is 14.3 Å². The molecule has 6 rings (SSSR count). The summed E-state index contributed by atoms with van der Waals surface area (Å²) in [7, 11) is -1.18. The second kappa shape index (κ2) is 10.5. The summed E-state index contributed by atoms with van der Waals surface area (Å²) in [4.78, 5) is 43.2. The highest BCUT2D eigenvalue weighted by Gasteiger charge is 2.57. The van der Waals surface area contributed by atoms with Crippen LogP contribution in [0.15, 0.2) is 76.0 Å². The van der Waals surface area contributed by atoms with Gasteiger partial charge in [-0.05, 0) is 62.4 Å². The van der Waals surface area contributed by atoms with Gasteiger partial charge in [0.1, 0.15) is 28.2 Å². The molecular formula is C32H30N4O8S. The lowest BCUT2D eigenvalue weighted by Crippen LogP contribution is -2.51. The third-order valence-electron chi connectivity index (χ3n) is 8.23. The first-order valence-electron chi connectivity index (χ1n) is 14.1. The fourth-order valence-electron chi connectivity index (χ4n) is 6.06. The zero-order valence-corrected chi connectivity index (χ0v) is 25.7. The third-order valence-corrected chi connectivity index (χ3v) is 9.20. The number of anilines is 2. The van der Waals surface area contributed by atoms with E-state index in [1.807, 2.05) is 19.9 Å². The van der Waals surface area contributed by atoms with Crippen molar-refractivity contribution >= 4 is 50.2 Å². The van der Waals surface area contributed by atoms with Crippen molar-refractivity contribution in [2.24, 2.45) is 5.14 Å². The first kappa shape index (κ1) is 29.9. The Kier molecular flexibility index (Phi) is 6.97. The van der Waals surface area contributed by atoms with Crippen LogP contribution in [0.4, 0.5) is 11.4 Å². The Balaban J connectivity index is 1.67. The van der Waals surface area contributed by atoms with Crippen LogP contribution in [0.2, 0.25) is 0 Å². The summed E-state index contributed by atoms with van der Waals surface area (Å²) in [5.41, 5.74) is -0.902. The SMILES string of the molecule is CCN(CC)c1ccc2cc(C3=CC4(c5ccc(N(C)C)cc5O3)c3cc(C(=O)O)ccc3C(=O)N4S(N)(=O)=O)c(=O)oc2c1. The van der Waals surface area contributed by atoms with Crippen LogP contribution in [0, 0.1) is 0 Å². The molecule has 45 heavy (non-hydrogen) atoms. The second-order valence-corrected chi connectivity index (χ2v) is 12.4. The highest BCUT2D eigenvalue weighted by Crippen LogP contribution is 2.54. The number of carbonyl (C=O) groups excluding carboxylic acids is 1. The summed E-state index contributed by atoms with van der Waals surface area (Å²) in [6.45, 7) is 5.55. The predicted molar refractivity (Wildman–Crippen MR) is 169 cm³/mol. The van der Waals surface area contributed by atoms with Crippen LogP contribution in [0.3, 0.4) is 0 Å². The van der Waals surface area contributed by atoms with Gasteiger partial charge in [0.15, 0.2) is 0 Å². The number of carboxylic acid groups (broad SMARTS) is 1. The molecule has 1 atom stereocenters. The van der Waals surface area contributed by atoms with Crippen molar-refractivity contribution in [1.82, 2.24) is 4.31 Å². The maximum atomic E-state index is 13.8. The zero-order valence-electron chi connectivity index (χ0n) is 24.9. The molecule has 1 amide bonds. The number of nitrogens with zero attached hydrogens (tertiary/aromatic N) is 3. The fourth-order valence-corrected chi connectivity index (χ4v) is 7.04. The van der Waals surface area contributed by atoms with Crippen LogP contribution in [0.1, 0.15) is 51.3 Å². The number of hydrogen-bond donors (Lipinski definition) is 2. The van der Waals surface area contributed by atoms with E-state index in [2.05, 4.69) is 4.90 Å².